The summed E-state index contributed by atoms with van der Waals surface area (Å²) in [5.41, 5.74) is 2.18. The van der Waals surface area contributed by atoms with Crippen LogP contribution in [-0.2, 0) is 13.1 Å². The van der Waals surface area contributed by atoms with Crippen LogP contribution in [0.3, 0.4) is 0 Å². The predicted molar refractivity (Wildman–Crippen MR) is 116 cm³/mol. The summed E-state index contributed by atoms with van der Waals surface area (Å²) < 4.78 is 2.01. The van der Waals surface area contributed by atoms with Crippen molar-refractivity contribution in [2.24, 2.45) is 17.8 Å². The lowest BCUT2D eigenvalue weighted by molar-refractivity contribution is 0.0582. The molecule has 0 radical (unpaired) electrons. The molecule has 1 amide bonds. The molecule has 2 aromatic heterocycles. The Morgan fingerprint density at radius 3 is 2.55 bits per heavy atom. The lowest BCUT2D eigenvalue weighted by Gasteiger charge is -2.42. The molecule has 2 bridgehead atoms. The van der Waals surface area contributed by atoms with Crippen LogP contribution in [0.4, 0.5) is 0 Å². The van der Waals surface area contributed by atoms with E-state index in [-0.39, 0.29) is 23.2 Å². The number of fused-ring (bicyclic) bond motifs is 5. The topological polar surface area (TPSA) is 71.3 Å². The van der Waals surface area contributed by atoms with Crippen LogP contribution in [0.15, 0.2) is 35.4 Å². The van der Waals surface area contributed by atoms with E-state index in [1.54, 1.807) is 18.5 Å². The second-order valence-electron chi connectivity index (χ2n) is 9.93. The molecule has 31 heavy (non-hydrogen) atoms. The van der Waals surface area contributed by atoms with Crippen molar-refractivity contribution < 1.29 is 4.79 Å². The number of hydrogen-bond acceptors (Lipinski definition) is 5. The van der Waals surface area contributed by atoms with Gasteiger partial charge in [0.25, 0.3) is 11.5 Å². The molecule has 5 heterocycles. The lowest BCUT2D eigenvalue weighted by Crippen LogP contribution is -2.49. The summed E-state index contributed by atoms with van der Waals surface area (Å²) in [6, 6.07) is 5.90. The summed E-state index contributed by atoms with van der Waals surface area (Å²) in [4.78, 5) is 38.8. The zero-order chi connectivity index (χ0) is 20.9. The Labute approximate surface area is 182 Å². The van der Waals surface area contributed by atoms with Gasteiger partial charge >= 0.3 is 0 Å². The van der Waals surface area contributed by atoms with Crippen LogP contribution in [0.2, 0.25) is 0 Å². The van der Waals surface area contributed by atoms with Crippen molar-refractivity contribution in [1.29, 1.82) is 0 Å². The molecule has 1 saturated carbocycles. The Morgan fingerprint density at radius 1 is 1.00 bits per heavy atom. The van der Waals surface area contributed by atoms with E-state index in [1.165, 1.54) is 19.3 Å². The number of nitrogens with zero attached hydrogens (tertiary/aromatic N) is 5. The SMILES string of the molecule is O=C(c1ncccn1)N1C[C@@H]2C[C@H](C1)c1ccc(CN3C[C@H]4CCC[C@H]4C3)c(=O)n1C2. The van der Waals surface area contributed by atoms with Crippen molar-refractivity contribution in [3.05, 3.63) is 58.0 Å². The first-order chi connectivity index (χ1) is 15.2. The third-order valence-corrected chi connectivity index (χ3v) is 7.92. The van der Waals surface area contributed by atoms with Crippen LogP contribution in [0.1, 0.15) is 53.5 Å². The number of carbonyl (C=O) groups excluding carboxylic acids is 1. The number of carbonyl (C=O) groups is 1. The Morgan fingerprint density at radius 2 is 1.77 bits per heavy atom. The summed E-state index contributed by atoms with van der Waals surface area (Å²) in [5, 5.41) is 0. The molecule has 4 aliphatic rings. The van der Waals surface area contributed by atoms with Crippen molar-refractivity contribution in [1.82, 2.24) is 24.3 Å². The van der Waals surface area contributed by atoms with Gasteiger partial charge in [-0.15, -0.1) is 0 Å². The van der Waals surface area contributed by atoms with Crippen LogP contribution >= 0.6 is 0 Å². The van der Waals surface area contributed by atoms with Gasteiger partial charge < -0.3 is 9.47 Å². The van der Waals surface area contributed by atoms with Crippen molar-refractivity contribution in [2.45, 2.75) is 44.7 Å². The number of amides is 1. The van der Waals surface area contributed by atoms with Crippen LogP contribution in [0.25, 0.3) is 0 Å². The lowest BCUT2D eigenvalue weighted by atomic mass is 9.83. The fourth-order valence-electron chi connectivity index (χ4n) is 6.53. The normalized spacial score (nSPS) is 29.6. The summed E-state index contributed by atoms with van der Waals surface area (Å²) in [7, 11) is 0. The molecule has 7 nitrogen and oxygen atoms in total. The van der Waals surface area contributed by atoms with Gasteiger partial charge in [0.05, 0.1) is 0 Å². The fraction of sp³-hybridized carbons (Fsp3) is 0.583. The molecule has 0 aromatic carbocycles. The quantitative estimate of drug-likeness (QED) is 0.762. The molecule has 162 valence electrons. The Bertz CT molecular complexity index is 1040. The maximum absolute atomic E-state index is 13.4. The van der Waals surface area contributed by atoms with Crippen LogP contribution in [0, 0.1) is 17.8 Å². The maximum Gasteiger partial charge on any atom is 0.291 e. The van der Waals surface area contributed by atoms with Crippen molar-refractivity contribution in [2.75, 3.05) is 26.2 Å². The molecule has 7 heteroatoms. The molecule has 0 spiro atoms. The van der Waals surface area contributed by atoms with Gasteiger partial charge in [-0.1, -0.05) is 12.5 Å². The van der Waals surface area contributed by atoms with Gasteiger partial charge in [0.2, 0.25) is 5.82 Å². The third-order valence-electron chi connectivity index (χ3n) is 7.92. The predicted octanol–water partition coefficient (Wildman–Crippen LogP) is 2.13. The van der Waals surface area contributed by atoms with E-state index in [4.69, 9.17) is 0 Å². The van der Waals surface area contributed by atoms with Gasteiger partial charge in [0.1, 0.15) is 0 Å². The molecule has 3 aliphatic heterocycles. The van der Waals surface area contributed by atoms with Crippen molar-refractivity contribution in [3.8, 4) is 0 Å². The average molecular weight is 420 g/mol. The number of likely N-dealkylation sites (tertiary alicyclic amines) is 2. The monoisotopic (exact) mass is 419 g/mol. The standard InChI is InChI=1S/C24H29N5O2/c30-23-19(14-27-12-17-3-1-4-18(17)13-27)5-6-21-20-9-16(11-29(21)23)10-28(15-20)24(31)22-25-7-2-8-26-22/h2,5-8,16-18,20H,1,3-4,9-15H2/t16-,17-,18+,20+/m0/s1. The number of hydrogen-bond donors (Lipinski definition) is 0. The molecular formula is C24H29N5O2. The molecule has 0 N–H and O–H groups in total. The maximum atomic E-state index is 13.4. The highest BCUT2D eigenvalue weighted by molar-refractivity contribution is 5.90. The van der Waals surface area contributed by atoms with Gasteiger partial charge in [-0.3, -0.25) is 14.5 Å². The first-order valence-electron chi connectivity index (χ1n) is 11.7. The molecule has 0 unspecified atom stereocenters. The highest BCUT2D eigenvalue weighted by Gasteiger charge is 2.39. The van der Waals surface area contributed by atoms with Gasteiger partial charge in [-0.05, 0) is 49.1 Å². The summed E-state index contributed by atoms with van der Waals surface area (Å²) in [5.74, 6) is 2.34. The fourth-order valence-corrected chi connectivity index (χ4v) is 6.53. The van der Waals surface area contributed by atoms with E-state index in [2.05, 4.69) is 20.9 Å². The van der Waals surface area contributed by atoms with Gasteiger partial charge in [0, 0.05) is 68.8 Å². The molecule has 2 aromatic rings. The summed E-state index contributed by atoms with van der Waals surface area (Å²) >= 11 is 0. The van der Waals surface area contributed by atoms with Gasteiger partial charge in [-0.2, -0.15) is 0 Å². The minimum atomic E-state index is -0.109. The molecule has 3 fully saturated rings. The number of aromatic nitrogens is 3. The zero-order valence-electron chi connectivity index (χ0n) is 17.8. The molecule has 1 aliphatic carbocycles. The third kappa shape index (κ3) is 3.39. The van der Waals surface area contributed by atoms with E-state index in [0.29, 0.717) is 25.6 Å². The van der Waals surface area contributed by atoms with Crippen molar-refractivity contribution >= 4 is 5.91 Å². The van der Waals surface area contributed by atoms with Crippen LogP contribution in [0.5, 0.6) is 0 Å². The summed E-state index contributed by atoms with van der Waals surface area (Å²) in [6.45, 7) is 5.06. The Balaban J connectivity index is 1.21. The van der Waals surface area contributed by atoms with E-state index in [1.807, 2.05) is 15.5 Å². The number of rotatable bonds is 3. The minimum Gasteiger partial charge on any atom is -0.335 e. The second kappa shape index (κ2) is 7.55. The largest absolute Gasteiger partial charge is 0.335 e. The van der Waals surface area contributed by atoms with Crippen LogP contribution < -0.4 is 5.56 Å². The van der Waals surface area contributed by atoms with Gasteiger partial charge in [-0.25, -0.2) is 9.97 Å². The second-order valence-corrected chi connectivity index (χ2v) is 9.93. The van der Waals surface area contributed by atoms with E-state index in [9.17, 15) is 9.59 Å². The van der Waals surface area contributed by atoms with E-state index in [0.717, 1.165) is 49.1 Å². The molecular weight excluding hydrogens is 390 g/mol. The highest BCUT2D eigenvalue weighted by Crippen LogP contribution is 2.38. The average Bonchev–Trinajstić information content (AvgIpc) is 3.38. The number of pyridine rings is 1. The van der Waals surface area contributed by atoms with Gasteiger partial charge in [0.15, 0.2) is 0 Å². The summed E-state index contributed by atoms with van der Waals surface area (Å²) in [6.07, 6.45) is 8.34. The smallest absolute Gasteiger partial charge is 0.291 e. The Hall–Kier alpha value is -2.54. The number of piperidine rings is 1. The van der Waals surface area contributed by atoms with Crippen LogP contribution in [-0.4, -0.2) is 56.4 Å². The first kappa shape index (κ1) is 19.2. The molecule has 2 saturated heterocycles. The minimum absolute atomic E-state index is 0.109. The molecule has 4 atom stereocenters. The Kier molecular flexibility index (Phi) is 4.67. The van der Waals surface area contributed by atoms with Crippen molar-refractivity contribution in [3.63, 3.8) is 0 Å². The zero-order valence-corrected chi connectivity index (χ0v) is 17.8. The highest BCUT2D eigenvalue weighted by atomic mass is 16.2. The van der Waals surface area contributed by atoms with E-state index < -0.39 is 0 Å². The van der Waals surface area contributed by atoms with E-state index >= 15 is 0 Å². The molecule has 6 rings (SSSR count). The first-order valence-corrected chi connectivity index (χ1v) is 11.7.